The molecule has 1 N–H and O–H groups in total. The van der Waals surface area contributed by atoms with Crippen molar-refractivity contribution in [3.63, 3.8) is 0 Å². The third kappa shape index (κ3) is 2.42. The molecule has 6 heteroatoms. The van der Waals surface area contributed by atoms with Gasteiger partial charge in [-0.3, -0.25) is 9.59 Å². The number of carbonyl (C=O) groups is 1. The zero-order valence-electron chi connectivity index (χ0n) is 12.8. The number of nitrogens with one attached hydrogen (secondary N) is 1. The van der Waals surface area contributed by atoms with E-state index in [1.807, 2.05) is 24.3 Å². The molecule has 2 heterocycles. The number of para-hydroxylation sites is 1. The highest BCUT2D eigenvalue weighted by Crippen LogP contribution is 2.47. The van der Waals surface area contributed by atoms with Crippen LogP contribution in [0, 0.1) is 12.3 Å². The van der Waals surface area contributed by atoms with Crippen molar-refractivity contribution in [3.05, 3.63) is 40.2 Å². The molecule has 1 aliphatic rings. The van der Waals surface area contributed by atoms with Crippen molar-refractivity contribution in [1.82, 2.24) is 9.88 Å². The molecule has 0 saturated carbocycles. The summed E-state index contributed by atoms with van der Waals surface area (Å²) in [7, 11) is 3.24. The number of benzene rings is 1. The van der Waals surface area contributed by atoms with E-state index in [9.17, 15) is 9.59 Å². The Kier molecular flexibility index (Phi) is 4.16. The van der Waals surface area contributed by atoms with Crippen LogP contribution in [0.15, 0.2) is 34.0 Å². The van der Waals surface area contributed by atoms with Crippen molar-refractivity contribution < 1.29 is 9.53 Å². The summed E-state index contributed by atoms with van der Waals surface area (Å²) >= 11 is 1.36. The van der Waals surface area contributed by atoms with Gasteiger partial charge in [-0.2, -0.15) is 0 Å². The minimum absolute atomic E-state index is 0.134. The lowest BCUT2D eigenvalue weighted by Gasteiger charge is -2.16. The first-order chi connectivity index (χ1) is 11.1. The molecule has 2 aromatic rings. The van der Waals surface area contributed by atoms with E-state index in [1.165, 1.54) is 18.9 Å². The van der Waals surface area contributed by atoms with Crippen LogP contribution in [-0.2, 0) is 16.6 Å². The molecule has 2 atom stereocenters. The second-order valence-corrected chi connectivity index (χ2v) is 6.39. The van der Waals surface area contributed by atoms with Gasteiger partial charge >= 0.3 is 0 Å². The van der Waals surface area contributed by atoms with E-state index in [1.54, 1.807) is 11.6 Å². The average Bonchev–Trinajstić information content (AvgIpc) is 2.97. The second kappa shape index (κ2) is 6.11. The smallest absolute Gasteiger partial charge is 0.257 e. The molecule has 1 amide bonds. The number of pyridine rings is 1. The average molecular weight is 328 g/mol. The number of amides is 1. The Balaban J connectivity index is 2.16. The SMILES string of the molecule is C#CCNC(=O)C1Sc2c(c(=O)n(C)c3ccccc23)C1OC. The van der Waals surface area contributed by atoms with Gasteiger partial charge in [-0.1, -0.05) is 24.1 Å². The summed E-state index contributed by atoms with van der Waals surface area (Å²) in [6.45, 7) is 0.154. The van der Waals surface area contributed by atoms with E-state index in [0.29, 0.717) is 5.56 Å². The number of carbonyl (C=O) groups excluding carboxylic acids is 1. The number of hydrogen-bond acceptors (Lipinski definition) is 4. The molecule has 5 nitrogen and oxygen atoms in total. The maximum atomic E-state index is 12.7. The molecule has 23 heavy (non-hydrogen) atoms. The largest absolute Gasteiger partial charge is 0.375 e. The van der Waals surface area contributed by atoms with E-state index in [4.69, 9.17) is 11.2 Å². The molecular formula is C17H16N2O3S. The highest BCUT2D eigenvalue weighted by Gasteiger charge is 2.41. The van der Waals surface area contributed by atoms with Crippen molar-refractivity contribution in [3.8, 4) is 12.3 Å². The Morgan fingerprint density at radius 2 is 2.22 bits per heavy atom. The number of aryl methyl sites for hydroxylation is 1. The minimum atomic E-state index is -0.587. The number of terminal acetylenes is 1. The van der Waals surface area contributed by atoms with Gasteiger partial charge in [0, 0.05) is 24.4 Å². The maximum Gasteiger partial charge on any atom is 0.257 e. The van der Waals surface area contributed by atoms with Crippen molar-refractivity contribution in [1.29, 1.82) is 0 Å². The molecule has 2 unspecified atom stereocenters. The lowest BCUT2D eigenvalue weighted by Crippen LogP contribution is -2.36. The van der Waals surface area contributed by atoms with Gasteiger partial charge in [-0.15, -0.1) is 18.2 Å². The van der Waals surface area contributed by atoms with Crippen molar-refractivity contribution >= 4 is 28.6 Å². The van der Waals surface area contributed by atoms with Crippen LogP contribution in [0.4, 0.5) is 0 Å². The van der Waals surface area contributed by atoms with Crippen LogP contribution in [0.2, 0.25) is 0 Å². The monoisotopic (exact) mass is 328 g/mol. The van der Waals surface area contributed by atoms with Gasteiger partial charge in [0.1, 0.15) is 11.4 Å². The molecule has 0 bridgehead atoms. The molecule has 0 spiro atoms. The summed E-state index contributed by atoms with van der Waals surface area (Å²) in [5.41, 5.74) is 1.24. The van der Waals surface area contributed by atoms with Crippen LogP contribution < -0.4 is 10.9 Å². The van der Waals surface area contributed by atoms with Gasteiger partial charge < -0.3 is 14.6 Å². The number of ether oxygens (including phenoxy) is 1. The van der Waals surface area contributed by atoms with Crippen LogP contribution in [0.1, 0.15) is 11.7 Å². The fourth-order valence-electron chi connectivity index (χ4n) is 2.88. The lowest BCUT2D eigenvalue weighted by molar-refractivity contribution is -0.122. The third-order valence-corrected chi connectivity index (χ3v) is 5.36. The van der Waals surface area contributed by atoms with Gasteiger partial charge in [0.15, 0.2) is 0 Å². The summed E-state index contributed by atoms with van der Waals surface area (Å²) in [5.74, 6) is 2.16. The Morgan fingerprint density at radius 1 is 1.48 bits per heavy atom. The fourth-order valence-corrected chi connectivity index (χ4v) is 4.32. The Morgan fingerprint density at radius 3 is 2.91 bits per heavy atom. The second-order valence-electron chi connectivity index (χ2n) is 5.24. The Labute approximate surface area is 138 Å². The molecule has 0 aliphatic carbocycles. The predicted octanol–water partition coefficient (Wildman–Crippen LogP) is 1.45. The maximum absolute atomic E-state index is 12.7. The van der Waals surface area contributed by atoms with Crippen LogP contribution >= 0.6 is 11.8 Å². The van der Waals surface area contributed by atoms with E-state index >= 15 is 0 Å². The van der Waals surface area contributed by atoms with Crippen LogP contribution in [0.3, 0.4) is 0 Å². The summed E-state index contributed by atoms with van der Waals surface area (Å²) in [6, 6.07) is 7.65. The predicted molar refractivity (Wildman–Crippen MR) is 90.4 cm³/mol. The lowest BCUT2D eigenvalue weighted by atomic mass is 10.0. The van der Waals surface area contributed by atoms with E-state index < -0.39 is 11.4 Å². The van der Waals surface area contributed by atoms with E-state index in [0.717, 1.165) is 15.8 Å². The number of fused-ring (bicyclic) bond motifs is 3. The first-order valence-corrected chi connectivity index (χ1v) is 8.00. The molecule has 1 aromatic carbocycles. The van der Waals surface area contributed by atoms with Crippen LogP contribution in [-0.4, -0.2) is 29.4 Å². The number of thioether (sulfide) groups is 1. The normalized spacial score (nSPS) is 19.3. The number of aromatic nitrogens is 1. The molecule has 118 valence electrons. The van der Waals surface area contributed by atoms with Crippen LogP contribution in [0.5, 0.6) is 0 Å². The first-order valence-electron chi connectivity index (χ1n) is 7.12. The van der Waals surface area contributed by atoms with E-state index in [-0.39, 0.29) is 18.0 Å². The highest BCUT2D eigenvalue weighted by atomic mass is 32.2. The molecule has 0 fully saturated rings. The molecule has 0 saturated heterocycles. The Hall–Kier alpha value is -2.23. The summed E-state index contributed by atoms with van der Waals surface area (Å²) < 4.78 is 7.09. The molecule has 3 rings (SSSR count). The molecular weight excluding hydrogens is 312 g/mol. The number of rotatable bonds is 3. The summed E-state index contributed by atoms with van der Waals surface area (Å²) in [4.78, 5) is 25.9. The summed E-state index contributed by atoms with van der Waals surface area (Å²) in [6.07, 6.45) is 4.60. The Bertz CT molecular complexity index is 882. The first kappa shape index (κ1) is 15.7. The topological polar surface area (TPSA) is 60.3 Å². The van der Waals surface area contributed by atoms with Gasteiger partial charge in [0.2, 0.25) is 5.91 Å². The number of hydrogen-bond donors (Lipinski definition) is 1. The van der Waals surface area contributed by atoms with Gasteiger partial charge in [-0.05, 0) is 6.07 Å². The standard InChI is InChI=1S/C17H16N2O3S/c1-4-9-18-16(20)15-13(22-3)12-14(23-15)10-7-5-6-8-11(10)19(2)17(12)21/h1,5-8,13,15H,9H2,2-3H3,(H,18,20). The van der Waals surface area contributed by atoms with Gasteiger partial charge in [0.05, 0.1) is 17.6 Å². The molecule has 1 aromatic heterocycles. The van der Waals surface area contributed by atoms with Crippen molar-refractivity contribution in [2.24, 2.45) is 7.05 Å². The quantitative estimate of drug-likeness (QED) is 0.867. The van der Waals surface area contributed by atoms with Crippen molar-refractivity contribution in [2.75, 3.05) is 13.7 Å². The van der Waals surface area contributed by atoms with Gasteiger partial charge in [0.25, 0.3) is 5.56 Å². The van der Waals surface area contributed by atoms with Crippen LogP contribution in [0.25, 0.3) is 10.9 Å². The fraction of sp³-hybridized carbons (Fsp3) is 0.294. The zero-order valence-corrected chi connectivity index (χ0v) is 13.6. The number of methoxy groups -OCH3 is 1. The van der Waals surface area contributed by atoms with Gasteiger partial charge in [-0.25, -0.2) is 0 Å². The highest BCUT2D eigenvalue weighted by molar-refractivity contribution is 8.01. The number of nitrogens with zero attached hydrogens (tertiary/aromatic N) is 1. The molecule has 0 radical (unpaired) electrons. The van der Waals surface area contributed by atoms with E-state index in [2.05, 4.69) is 11.2 Å². The summed E-state index contributed by atoms with van der Waals surface area (Å²) in [5, 5.41) is 3.09. The molecule has 1 aliphatic heterocycles. The zero-order chi connectivity index (χ0) is 16.6. The minimum Gasteiger partial charge on any atom is -0.375 e. The third-order valence-electron chi connectivity index (χ3n) is 3.97. The van der Waals surface area contributed by atoms with Crippen molar-refractivity contribution in [2.45, 2.75) is 16.2 Å².